The molecule has 0 aliphatic carbocycles. The van der Waals surface area contributed by atoms with Crippen molar-refractivity contribution in [2.75, 3.05) is 0 Å². The van der Waals surface area contributed by atoms with Crippen molar-refractivity contribution in [1.29, 1.82) is 0 Å². The molecule has 0 amide bonds. The van der Waals surface area contributed by atoms with Crippen LogP contribution in [0.2, 0.25) is 0 Å². The summed E-state index contributed by atoms with van der Waals surface area (Å²) in [6, 6.07) is 22.3. The molecule has 0 saturated heterocycles. The lowest BCUT2D eigenvalue weighted by Gasteiger charge is -2.36. The Morgan fingerprint density at radius 3 is 2.23 bits per heavy atom. The van der Waals surface area contributed by atoms with E-state index < -0.39 is 0 Å². The summed E-state index contributed by atoms with van der Waals surface area (Å²) in [5.74, 6) is 0. The predicted octanol–water partition coefficient (Wildman–Crippen LogP) is 7.97. The van der Waals surface area contributed by atoms with Crippen LogP contribution in [0.25, 0.3) is 28.1 Å². The number of aromatic nitrogens is 1. The van der Waals surface area contributed by atoms with Crippen LogP contribution in [0, 0.1) is 0 Å². The summed E-state index contributed by atoms with van der Waals surface area (Å²) < 4.78 is 2.40. The molecule has 0 radical (unpaired) electrons. The van der Waals surface area contributed by atoms with Gasteiger partial charge in [0.1, 0.15) is 0 Å². The molecular formula is C30H36N+. The molecule has 1 aliphatic heterocycles. The highest BCUT2D eigenvalue weighted by Crippen LogP contribution is 2.46. The highest BCUT2D eigenvalue weighted by atomic mass is 15.0. The van der Waals surface area contributed by atoms with Gasteiger partial charge < -0.3 is 0 Å². The second kappa shape index (κ2) is 9.22. The van der Waals surface area contributed by atoms with Crippen LogP contribution in [0.15, 0.2) is 73.4 Å². The average Bonchev–Trinajstić information content (AvgIpc) is 2.83. The molecule has 2 aromatic carbocycles. The molecule has 0 bridgehead atoms. The van der Waals surface area contributed by atoms with Gasteiger partial charge in [-0.2, -0.15) is 4.57 Å². The van der Waals surface area contributed by atoms with Gasteiger partial charge >= 0.3 is 0 Å². The van der Waals surface area contributed by atoms with E-state index in [0.29, 0.717) is 0 Å². The second-order valence-corrected chi connectivity index (χ2v) is 8.93. The first kappa shape index (κ1) is 21.6. The molecular weight excluding hydrogens is 374 g/mol. The van der Waals surface area contributed by atoms with E-state index in [2.05, 4.69) is 98.8 Å². The van der Waals surface area contributed by atoms with Gasteiger partial charge in [-0.3, -0.25) is 0 Å². The first-order valence-electron chi connectivity index (χ1n) is 12.1. The van der Waals surface area contributed by atoms with Gasteiger partial charge in [0.15, 0.2) is 11.9 Å². The lowest BCUT2D eigenvalue weighted by atomic mass is 9.69. The quantitative estimate of drug-likeness (QED) is 0.262. The normalized spacial score (nSPS) is 14.2. The van der Waals surface area contributed by atoms with Crippen molar-refractivity contribution >= 4 is 5.70 Å². The lowest BCUT2D eigenvalue weighted by Crippen LogP contribution is -2.49. The van der Waals surface area contributed by atoms with E-state index >= 15 is 0 Å². The number of unbranched alkanes of at least 4 members (excludes halogenated alkanes) is 3. The number of pyridine rings is 1. The number of hydrogen-bond acceptors (Lipinski definition) is 0. The fourth-order valence-electron chi connectivity index (χ4n) is 5.40. The molecule has 2 heterocycles. The van der Waals surface area contributed by atoms with Crippen LogP contribution in [-0.2, 0) is 11.8 Å². The Bertz CT molecular complexity index is 1060. The minimum Gasteiger partial charge on any atom is -0.163 e. The Morgan fingerprint density at radius 1 is 0.806 bits per heavy atom. The molecule has 4 rings (SSSR count). The Hall–Kier alpha value is -2.67. The molecule has 1 heteroatoms. The van der Waals surface area contributed by atoms with Gasteiger partial charge in [0.05, 0.1) is 11.0 Å². The molecule has 1 aromatic heterocycles. The highest BCUT2D eigenvalue weighted by molar-refractivity contribution is 5.76. The molecule has 0 atom stereocenters. The van der Waals surface area contributed by atoms with Crippen molar-refractivity contribution in [3.63, 3.8) is 0 Å². The topological polar surface area (TPSA) is 3.88 Å². The number of benzene rings is 2. The van der Waals surface area contributed by atoms with E-state index in [1.54, 1.807) is 0 Å². The smallest absolute Gasteiger partial charge is 0.163 e. The Balaban J connectivity index is 1.91. The van der Waals surface area contributed by atoms with Gasteiger partial charge in [0, 0.05) is 11.6 Å². The maximum Gasteiger partial charge on any atom is 0.218 e. The van der Waals surface area contributed by atoms with E-state index in [9.17, 15) is 0 Å². The van der Waals surface area contributed by atoms with Crippen molar-refractivity contribution in [1.82, 2.24) is 0 Å². The van der Waals surface area contributed by atoms with E-state index in [-0.39, 0.29) is 5.41 Å². The van der Waals surface area contributed by atoms with Crippen molar-refractivity contribution in [2.24, 2.45) is 0 Å². The number of hydrogen-bond donors (Lipinski definition) is 0. The van der Waals surface area contributed by atoms with Crippen LogP contribution in [0.1, 0.15) is 70.4 Å². The van der Waals surface area contributed by atoms with Gasteiger partial charge in [-0.05, 0) is 55.0 Å². The van der Waals surface area contributed by atoms with E-state index in [1.807, 2.05) is 0 Å². The maximum absolute atomic E-state index is 4.66. The monoisotopic (exact) mass is 410 g/mol. The van der Waals surface area contributed by atoms with Crippen LogP contribution in [0.3, 0.4) is 0 Å². The van der Waals surface area contributed by atoms with Crippen LogP contribution >= 0.6 is 0 Å². The van der Waals surface area contributed by atoms with Crippen molar-refractivity contribution < 1.29 is 4.57 Å². The van der Waals surface area contributed by atoms with Crippen molar-refractivity contribution in [3.05, 3.63) is 84.6 Å². The van der Waals surface area contributed by atoms with Crippen LogP contribution in [0.4, 0.5) is 0 Å². The highest BCUT2D eigenvalue weighted by Gasteiger charge is 2.45. The largest absolute Gasteiger partial charge is 0.218 e. The minimum atomic E-state index is -0.00907. The fraction of sp³-hybridized carbons (Fsp3) is 0.367. The molecule has 3 aromatic rings. The van der Waals surface area contributed by atoms with E-state index in [4.69, 9.17) is 0 Å². The first-order valence-corrected chi connectivity index (χ1v) is 12.1. The molecule has 31 heavy (non-hydrogen) atoms. The summed E-state index contributed by atoms with van der Waals surface area (Å²) in [6.07, 6.45) is 10.7. The van der Waals surface area contributed by atoms with E-state index in [1.165, 1.54) is 64.9 Å². The zero-order valence-electron chi connectivity index (χ0n) is 19.5. The van der Waals surface area contributed by atoms with Crippen LogP contribution in [0.5, 0.6) is 0 Å². The van der Waals surface area contributed by atoms with Gasteiger partial charge in [-0.15, -0.1) is 0 Å². The van der Waals surface area contributed by atoms with Gasteiger partial charge in [-0.25, -0.2) is 0 Å². The molecule has 160 valence electrons. The van der Waals surface area contributed by atoms with Gasteiger partial charge in [0.25, 0.3) is 0 Å². The zero-order chi connectivity index (χ0) is 21.8. The molecule has 0 fully saturated rings. The Kier molecular flexibility index (Phi) is 6.41. The minimum absolute atomic E-state index is 0.00907. The number of rotatable bonds is 8. The first-order chi connectivity index (χ1) is 15.2. The molecule has 0 unspecified atom stereocenters. The third-order valence-electron chi connectivity index (χ3n) is 7.33. The summed E-state index contributed by atoms with van der Waals surface area (Å²) >= 11 is 0. The maximum atomic E-state index is 4.66. The molecule has 0 spiro atoms. The van der Waals surface area contributed by atoms with Crippen LogP contribution < -0.4 is 4.57 Å². The fourth-order valence-corrected chi connectivity index (χ4v) is 5.40. The Labute approximate surface area is 188 Å². The number of allylic oxidation sites excluding steroid dienone is 1. The molecule has 1 nitrogen and oxygen atoms in total. The number of fused-ring (bicyclic) bond motifs is 3. The Morgan fingerprint density at radius 2 is 1.52 bits per heavy atom. The van der Waals surface area contributed by atoms with E-state index in [0.717, 1.165) is 19.3 Å². The predicted molar refractivity (Wildman–Crippen MR) is 133 cm³/mol. The van der Waals surface area contributed by atoms with Crippen molar-refractivity contribution in [2.45, 2.75) is 71.1 Å². The summed E-state index contributed by atoms with van der Waals surface area (Å²) in [5, 5.41) is 0. The lowest BCUT2D eigenvalue weighted by molar-refractivity contribution is -0.577. The third-order valence-corrected chi connectivity index (χ3v) is 7.33. The third kappa shape index (κ3) is 3.76. The van der Waals surface area contributed by atoms with Gasteiger partial charge in [0.2, 0.25) is 5.69 Å². The molecule has 0 saturated carbocycles. The summed E-state index contributed by atoms with van der Waals surface area (Å²) in [5.41, 5.74) is 9.41. The summed E-state index contributed by atoms with van der Waals surface area (Å²) in [7, 11) is 0. The van der Waals surface area contributed by atoms with Crippen molar-refractivity contribution in [3.8, 4) is 22.4 Å². The SMILES string of the molecule is C=C1[n+]2cc(-c3ccccc3)c(CCCCCC)cc2-c2ccccc2C1(CC)CC. The average molecular weight is 411 g/mol. The molecule has 1 aliphatic rings. The summed E-state index contributed by atoms with van der Waals surface area (Å²) in [6.45, 7) is 11.5. The number of aryl methyl sites for hydroxylation is 1. The number of nitrogens with zero attached hydrogens (tertiary/aromatic N) is 1. The standard InChI is InChI=1S/C30H36N/c1-5-8-9-11-18-25-21-29-26-19-14-15-20-28(26)30(6-2,7-3)23(4)31(29)22-27(25)24-16-12-10-13-17-24/h10,12-17,19-22H,4-9,11,18H2,1-3H3/q+1. The summed E-state index contributed by atoms with van der Waals surface area (Å²) in [4.78, 5) is 0. The molecule has 0 N–H and O–H groups in total. The van der Waals surface area contributed by atoms with Crippen LogP contribution in [-0.4, -0.2) is 0 Å². The second-order valence-electron chi connectivity index (χ2n) is 8.93. The van der Waals surface area contributed by atoms with Gasteiger partial charge in [-0.1, -0.05) is 88.6 Å². The zero-order valence-corrected chi connectivity index (χ0v) is 19.5.